The molecule has 36 heavy (non-hydrogen) atoms. The molecule has 2 aliphatic rings. The van der Waals surface area contributed by atoms with E-state index in [1.54, 1.807) is 0 Å². The van der Waals surface area contributed by atoms with Crippen LogP contribution in [0.1, 0.15) is 106 Å². The topological polar surface area (TPSA) is 32.8 Å². The molecule has 0 aromatic heterocycles. The summed E-state index contributed by atoms with van der Waals surface area (Å²) in [4.78, 5) is 16.0. The number of fused-ring (bicyclic) bond motifs is 2. The highest BCUT2D eigenvalue weighted by atomic mass is 16.5. The Morgan fingerprint density at radius 1 is 0.806 bits per heavy atom. The minimum atomic E-state index is 0.228. The van der Waals surface area contributed by atoms with Crippen LogP contribution in [0.4, 0.5) is 11.4 Å². The number of likely N-dealkylation sites (N-methyl/N-ethyl adjacent to an activating group) is 1. The highest BCUT2D eigenvalue weighted by Crippen LogP contribution is 2.33. The van der Waals surface area contributed by atoms with Crippen molar-refractivity contribution >= 4 is 17.3 Å². The summed E-state index contributed by atoms with van der Waals surface area (Å²) in [7, 11) is 2.10. The Morgan fingerprint density at radius 3 is 1.92 bits per heavy atom. The van der Waals surface area contributed by atoms with Crippen LogP contribution in [0.2, 0.25) is 0 Å². The first kappa shape index (κ1) is 35.7. The van der Waals surface area contributed by atoms with Crippen molar-refractivity contribution in [1.29, 1.82) is 0 Å². The van der Waals surface area contributed by atoms with Crippen molar-refractivity contribution in [2.75, 3.05) is 30.0 Å². The summed E-state index contributed by atoms with van der Waals surface area (Å²) in [5, 5.41) is 0. The van der Waals surface area contributed by atoms with E-state index < -0.39 is 0 Å². The molecule has 2 aromatic carbocycles. The number of carbonyl (C=O) groups excluding carboxylic acids is 1. The average Bonchev–Trinajstić information content (AvgIpc) is 3.25. The van der Waals surface area contributed by atoms with Crippen molar-refractivity contribution in [2.24, 2.45) is 0 Å². The fraction of sp³-hybridized carbons (Fsp3) is 0.594. The molecule has 0 bridgehead atoms. The first-order chi connectivity index (χ1) is 17.3. The van der Waals surface area contributed by atoms with Gasteiger partial charge in [-0.2, -0.15) is 0 Å². The van der Waals surface area contributed by atoms with Gasteiger partial charge < -0.3 is 14.5 Å². The molecular weight excluding hydrogens is 444 g/mol. The van der Waals surface area contributed by atoms with Crippen molar-refractivity contribution in [3.05, 3.63) is 53.1 Å². The number of hydrogen-bond donors (Lipinski definition) is 0. The molecule has 4 rings (SSSR count). The summed E-state index contributed by atoms with van der Waals surface area (Å²) in [5.41, 5.74) is 6.08. The van der Waals surface area contributed by atoms with Gasteiger partial charge in [0.05, 0.1) is 18.7 Å². The van der Waals surface area contributed by atoms with Crippen LogP contribution in [0.15, 0.2) is 36.4 Å². The Kier molecular flexibility index (Phi) is 19.5. The van der Waals surface area contributed by atoms with Crippen molar-refractivity contribution in [3.63, 3.8) is 0 Å². The van der Waals surface area contributed by atoms with E-state index in [1.807, 2.05) is 66.4 Å². The maximum atomic E-state index is 11.9. The van der Waals surface area contributed by atoms with E-state index in [1.165, 1.54) is 22.4 Å². The van der Waals surface area contributed by atoms with Gasteiger partial charge in [0.2, 0.25) is 5.91 Å². The van der Waals surface area contributed by atoms with Gasteiger partial charge in [0.15, 0.2) is 0 Å². The average molecular weight is 501 g/mol. The Hall–Kier alpha value is -2.49. The van der Waals surface area contributed by atoms with Gasteiger partial charge in [-0.3, -0.25) is 4.79 Å². The van der Waals surface area contributed by atoms with Crippen molar-refractivity contribution in [1.82, 2.24) is 0 Å². The summed E-state index contributed by atoms with van der Waals surface area (Å²) < 4.78 is 5.51. The van der Waals surface area contributed by atoms with E-state index in [2.05, 4.69) is 76.9 Å². The number of hydrogen-bond acceptors (Lipinski definition) is 3. The number of rotatable bonds is 2. The van der Waals surface area contributed by atoms with Gasteiger partial charge in [-0.1, -0.05) is 87.4 Å². The lowest BCUT2D eigenvalue weighted by Gasteiger charge is -2.27. The monoisotopic (exact) mass is 500 g/mol. The Labute approximate surface area is 224 Å². The number of anilines is 2. The van der Waals surface area contributed by atoms with E-state index in [0.717, 1.165) is 24.6 Å². The number of ether oxygens (including phenoxy) is 1. The van der Waals surface area contributed by atoms with Gasteiger partial charge >= 0.3 is 0 Å². The van der Waals surface area contributed by atoms with Gasteiger partial charge in [0.25, 0.3) is 0 Å². The van der Waals surface area contributed by atoms with E-state index in [-0.39, 0.29) is 11.9 Å². The number of aryl methyl sites for hydroxylation is 1. The van der Waals surface area contributed by atoms with Crippen LogP contribution in [0.3, 0.4) is 0 Å². The number of amides is 1. The van der Waals surface area contributed by atoms with Crippen molar-refractivity contribution in [2.45, 2.75) is 108 Å². The minimum Gasteiger partial charge on any atom is -0.490 e. The van der Waals surface area contributed by atoms with E-state index in [0.29, 0.717) is 12.3 Å². The van der Waals surface area contributed by atoms with Crippen molar-refractivity contribution in [3.8, 4) is 5.75 Å². The molecule has 2 heterocycles. The first-order valence-electron chi connectivity index (χ1n) is 14.2. The summed E-state index contributed by atoms with van der Waals surface area (Å²) in [5.74, 6) is 1.75. The van der Waals surface area contributed by atoms with Crippen molar-refractivity contribution < 1.29 is 9.53 Å². The third kappa shape index (κ3) is 10.2. The maximum Gasteiger partial charge on any atom is 0.231 e. The molecule has 2 aliphatic heterocycles. The Balaban J connectivity index is 0. The minimum absolute atomic E-state index is 0.228. The van der Waals surface area contributed by atoms with Crippen LogP contribution >= 0.6 is 0 Å². The number of carbonyl (C=O) groups is 1. The molecule has 0 spiro atoms. The van der Waals surface area contributed by atoms with E-state index in [9.17, 15) is 4.79 Å². The molecule has 0 radical (unpaired) electrons. The summed E-state index contributed by atoms with van der Waals surface area (Å²) in [6.45, 7) is 28.4. The predicted octanol–water partition coefficient (Wildman–Crippen LogP) is 9.04. The second-order valence-corrected chi connectivity index (χ2v) is 8.32. The van der Waals surface area contributed by atoms with E-state index >= 15 is 0 Å². The quantitative estimate of drug-likeness (QED) is 0.412. The zero-order chi connectivity index (χ0) is 28.4. The zero-order valence-corrected chi connectivity index (χ0v) is 26.0. The summed E-state index contributed by atoms with van der Waals surface area (Å²) in [6, 6.07) is 12.9. The summed E-state index contributed by atoms with van der Waals surface area (Å²) in [6.07, 6.45) is 0.561. The molecule has 4 nitrogen and oxygen atoms in total. The summed E-state index contributed by atoms with van der Waals surface area (Å²) >= 11 is 0. The van der Waals surface area contributed by atoms with Crippen LogP contribution in [-0.2, 0) is 11.2 Å². The standard InChI is InChI=1S/C14H19NO.C10H13NO.4C2H6/c1-9(2)11-5-6-12-8-14(16)15(10(3)4)13(12)7-11;1-8-3-4-10-9(7-8)11(2)5-6-12-10;4*1-2/h5-7,9-10H,8H2,1-4H3;3-4,7H,5-6H2,1-2H3;4*1-2H3. The molecule has 0 atom stereocenters. The van der Waals surface area contributed by atoms with E-state index in [4.69, 9.17) is 4.74 Å². The van der Waals surface area contributed by atoms with Crippen LogP contribution in [0.5, 0.6) is 5.75 Å². The highest BCUT2D eigenvalue weighted by molar-refractivity contribution is 6.01. The van der Waals surface area contributed by atoms with Gasteiger partial charge in [-0.05, 0) is 61.6 Å². The Morgan fingerprint density at radius 2 is 1.39 bits per heavy atom. The van der Waals surface area contributed by atoms with Crippen LogP contribution in [0, 0.1) is 6.92 Å². The molecule has 4 heteroatoms. The molecule has 0 unspecified atom stereocenters. The van der Waals surface area contributed by atoms with Crippen LogP contribution in [0.25, 0.3) is 0 Å². The largest absolute Gasteiger partial charge is 0.490 e. The molecule has 0 saturated heterocycles. The van der Waals surface area contributed by atoms with Gasteiger partial charge in [-0.25, -0.2) is 0 Å². The second kappa shape index (κ2) is 19.7. The van der Waals surface area contributed by atoms with Gasteiger partial charge in [0, 0.05) is 18.8 Å². The fourth-order valence-electron chi connectivity index (χ4n) is 3.72. The molecule has 0 saturated carbocycles. The molecule has 0 N–H and O–H groups in total. The lowest BCUT2D eigenvalue weighted by Crippen LogP contribution is -2.33. The molecule has 2 aromatic rings. The van der Waals surface area contributed by atoms with Crippen LogP contribution in [-0.4, -0.2) is 32.1 Å². The highest BCUT2D eigenvalue weighted by Gasteiger charge is 2.29. The smallest absolute Gasteiger partial charge is 0.231 e. The van der Waals surface area contributed by atoms with Gasteiger partial charge in [-0.15, -0.1) is 0 Å². The number of benzene rings is 2. The molecule has 1 amide bonds. The fourth-order valence-corrected chi connectivity index (χ4v) is 3.72. The van der Waals surface area contributed by atoms with Crippen LogP contribution < -0.4 is 14.5 Å². The molecule has 0 aliphatic carbocycles. The second-order valence-electron chi connectivity index (χ2n) is 8.32. The SMILES string of the molecule is CC.CC.CC.CC.CC(C)c1ccc2c(c1)N(C(C)C)C(=O)C2.Cc1ccc2c(c1)N(C)CCO2. The third-order valence-corrected chi connectivity index (χ3v) is 5.37. The molecular formula is C32H56N2O2. The number of nitrogens with zero attached hydrogens (tertiary/aromatic N) is 2. The molecule has 0 fully saturated rings. The third-order valence-electron chi connectivity index (χ3n) is 5.37. The predicted molar refractivity (Wildman–Crippen MR) is 162 cm³/mol. The first-order valence-corrected chi connectivity index (χ1v) is 14.2. The van der Waals surface area contributed by atoms with Gasteiger partial charge in [0.1, 0.15) is 12.4 Å². The lowest BCUT2D eigenvalue weighted by molar-refractivity contribution is -0.117. The lowest BCUT2D eigenvalue weighted by atomic mass is 10.0. The Bertz CT molecular complexity index is 859. The maximum absolute atomic E-state index is 11.9. The normalized spacial score (nSPS) is 12.5. The molecule has 206 valence electrons. The zero-order valence-electron chi connectivity index (χ0n) is 26.0.